The molecule has 3 nitrogen and oxygen atoms in total. The fourth-order valence-corrected chi connectivity index (χ4v) is 2.45. The van der Waals surface area contributed by atoms with E-state index in [-0.39, 0.29) is 29.3 Å². The zero-order chi connectivity index (χ0) is 13.4. The van der Waals surface area contributed by atoms with Crippen LogP contribution in [-0.2, 0) is 14.5 Å². The van der Waals surface area contributed by atoms with Gasteiger partial charge < -0.3 is 4.74 Å². The molecule has 1 saturated heterocycles. The smallest absolute Gasteiger partial charge is 0.116 e. The summed E-state index contributed by atoms with van der Waals surface area (Å²) in [4.78, 5) is 10.9. The van der Waals surface area contributed by atoms with Crippen LogP contribution in [0.2, 0.25) is 0 Å². The topological polar surface area (TPSA) is 27.7 Å². The summed E-state index contributed by atoms with van der Waals surface area (Å²) in [6.07, 6.45) is 8.27. The van der Waals surface area contributed by atoms with E-state index in [1.165, 1.54) is 0 Å². The third kappa shape index (κ3) is 2.85. The van der Waals surface area contributed by atoms with E-state index >= 15 is 0 Å². The van der Waals surface area contributed by atoms with Gasteiger partial charge in [0.25, 0.3) is 0 Å². The summed E-state index contributed by atoms with van der Waals surface area (Å²) < 4.78 is 6.08. The Balaban J connectivity index is 1.97. The maximum Gasteiger partial charge on any atom is 0.116 e. The van der Waals surface area contributed by atoms with E-state index in [4.69, 9.17) is 14.5 Å². The van der Waals surface area contributed by atoms with Crippen molar-refractivity contribution in [1.82, 2.24) is 0 Å². The average molecular weight is 252 g/mol. The van der Waals surface area contributed by atoms with Crippen molar-refractivity contribution in [1.29, 1.82) is 0 Å². The lowest BCUT2D eigenvalue weighted by Gasteiger charge is -2.33. The minimum absolute atomic E-state index is 0.0322. The molecule has 0 radical (unpaired) electrons. The molecule has 0 aliphatic carbocycles. The lowest BCUT2D eigenvalue weighted by Crippen LogP contribution is -2.38. The Morgan fingerprint density at radius 1 is 1.39 bits per heavy atom. The molecular formula is C15H24O3. The Kier molecular flexibility index (Phi) is 3.67. The van der Waals surface area contributed by atoms with E-state index in [0.29, 0.717) is 0 Å². The van der Waals surface area contributed by atoms with Gasteiger partial charge in [0.15, 0.2) is 0 Å². The molecule has 2 rings (SSSR count). The van der Waals surface area contributed by atoms with Gasteiger partial charge in [-0.1, -0.05) is 25.2 Å². The Labute approximate surface area is 110 Å². The largest absolute Gasteiger partial charge is 0.368 e. The molecule has 0 aromatic carbocycles. The van der Waals surface area contributed by atoms with Crippen LogP contribution in [0.5, 0.6) is 0 Å². The molecule has 2 heterocycles. The minimum atomic E-state index is -0.331. The van der Waals surface area contributed by atoms with E-state index in [2.05, 4.69) is 32.6 Å². The van der Waals surface area contributed by atoms with Gasteiger partial charge in [-0.15, -0.1) is 6.58 Å². The normalized spacial score (nSPS) is 40.7. The van der Waals surface area contributed by atoms with Crippen molar-refractivity contribution in [2.45, 2.75) is 63.9 Å². The SMILES string of the molecule is C=C[C@@]1(C)CC[C@@H]([C@H](C)[C@@H]2C=CC(C)(C)OO2)O1. The quantitative estimate of drug-likeness (QED) is 0.569. The lowest BCUT2D eigenvalue weighted by atomic mass is 9.93. The molecule has 0 amide bonds. The molecule has 2 aliphatic rings. The van der Waals surface area contributed by atoms with Crippen LogP contribution in [0.1, 0.15) is 40.5 Å². The van der Waals surface area contributed by atoms with Crippen LogP contribution in [0, 0.1) is 5.92 Å². The Morgan fingerprint density at radius 2 is 2.11 bits per heavy atom. The second kappa shape index (κ2) is 4.80. The first-order chi connectivity index (χ1) is 8.35. The predicted octanol–water partition coefficient (Wildman–Crippen LogP) is 3.41. The third-order valence-corrected chi connectivity index (χ3v) is 3.94. The maximum absolute atomic E-state index is 6.08. The summed E-state index contributed by atoms with van der Waals surface area (Å²) in [5.74, 6) is 0.277. The van der Waals surface area contributed by atoms with Gasteiger partial charge in [-0.3, -0.25) is 0 Å². The highest BCUT2D eigenvalue weighted by molar-refractivity contribution is 5.06. The number of hydrogen-bond acceptors (Lipinski definition) is 3. The highest BCUT2D eigenvalue weighted by Gasteiger charge is 2.40. The molecule has 0 spiro atoms. The van der Waals surface area contributed by atoms with Gasteiger partial charge in [0.2, 0.25) is 0 Å². The van der Waals surface area contributed by atoms with E-state index in [9.17, 15) is 0 Å². The number of hydrogen-bond donors (Lipinski definition) is 0. The standard InChI is InChI=1S/C15H24O3/c1-6-15(5)10-8-12(16-15)11(2)13-7-9-14(3,4)18-17-13/h6-7,9,11-13H,1,8,10H2,2-5H3/t11-,12-,13-,15-/m0/s1. The Hall–Kier alpha value is -0.640. The van der Waals surface area contributed by atoms with Crippen LogP contribution < -0.4 is 0 Å². The first-order valence-corrected chi connectivity index (χ1v) is 6.70. The first-order valence-electron chi connectivity index (χ1n) is 6.70. The lowest BCUT2D eigenvalue weighted by molar-refractivity contribution is -0.373. The van der Waals surface area contributed by atoms with E-state index < -0.39 is 0 Å². The number of rotatable bonds is 3. The second-order valence-electron chi connectivity index (χ2n) is 6.18. The van der Waals surface area contributed by atoms with E-state index in [0.717, 1.165) is 12.8 Å². The highest BCUT2D eigenvalue weighted by Crippen LogP contribution is 2.37. The fourth-order valence-electron chi connectivity index (χ4n) is 2.45. The van der Waals surface area contributed by atoms with Gasteiger partial charge in [-0.2, -0.15) is 0 Å². The van der Waals surface area contributed by atoms with Crippen molar-refractivity contribution < 1.29 is 14.5 Å². The molecule has 3 heteroatoms. The van der Waals surface area contributed by atoms with Crippen molar-refractivity contribution in [2.75, 3.05) is 0 Å². The second-order valence-corrected chi connectivity index (χ2v) is 6.18. The minimum Gasteiger partial charge on any atom is -0.368 e. The first kappa shape index (κ1) is 13.8. The molecule has 1 fully saturated rings. The molecule has 0 saturated carbocycles. The fraction of sp³-hybridized carbons (Fsp3) is 0.733. The van der Waals surface area contributed by atoms with Gasteiger partial charge in [-0.25, -0.2) is 9.78 Å². The zero-order valence-corrected chi connectivity index (χ0v) is 11.8. The summed E-state index contributed by atoms with van der Waals surface area (Å²) in [5.41, 5.74) is -0.514. The van der Waals surface area contributed by atoms with E-state index in [1.54, 1.807) is 0 Å². The predicted molar refractivity (Wildman–Crippen MR) is 71.1 cm³/mol. The van der Waals surface area contributed by atoms with Crippen LogP contribution in [0.4, 0.5) is 0 Å². The zero-order valence-electron chi connectivity index (χ0n) is 11.8. The third-order valence-electron chi connectivity index (χ3n) is 3.94. The Morgan fingerprint density at radius 3 is 2.61 bits per heavy atom. The monoisotopic (exact) mass is 252 g/mol. The van der Waals surface area contributed by atoms with Crippen LogP contribution in [0.15, 0.2) is 24.8 Å². The Bertz CT molecular complexity index is 348. The average Bonchev–Trinajstić information content (AvgIpc) is 2.72. The number of ether oxygens (including phenoxy) is 1. The van der Waals surface area contributed by atoms with Crippen molar-refractivity contribution in [3.63, 3.8) is 0 Å². The molecule has 0 bridgehead atoms. The van der Waals surface area contributed by atoms with Crippen molar-refractivity contribution >= 4 is 0 Å². The molecule has 0 unspecified atom stereocenters. The van der Waals surface area contributed by atoms with Crippen LogP contribution in [0.25, 0.3) is 0 Å². The summed E-state index contributed by atoms with van der Waals surface area (Å²) in [7, 11) is 0. The molecule has 0 aromatic rings. The van der Waals surface area contributed by atoms with Crippen LogP contribution >= 0.6 is 0 Å². The summed E-state index contributed by atoms with van der Waals surface area (Å²) in [6.45, 7) is 12.0. The molecule has 0 aromatic heterocycles. The van der Waals surface area contributed by atoms with Gasteiger partial charge in [0.1, 0.15) is 11.7 Å². The maximum atomic E-state index is 6.08. The molecule has 4 atom stereocenters. The molecule has 0 N–H and O–H groups in total. The summed E-state index contributed by atoms with van der Waals surface area (Å²) >= 11 is 0. The van der Waals surface area contributed by atoms with Crippen LogP contribution in [0.3, 0.4) is 0 Å². The molecular weight excluding hydrogens is 228 g/mol. The highest BCUT2D eigenvalue weighted by atomic mass is 17.2. The van der Waals surface area contributed by atoms with Gasteiger partial charge >= 0.3 is 0 Å². The molecule has 18 heavy (non-hydrogen) atoms. The van der Waals surface area contributed by atoms with Crippen molar-refractivity contribution in [3.05, 3.63) is 24.8 Å². The van der Waals surface area contributed by atoms with Crippen molar-refractivity contribution in [2.24, 2.45) is 5.92 Å². The van der Waals surface area contributed by atoms with Crippen molar-refractivity contribution in [3.8, 4) is 0 Å². The summed E-state index contributed by atoms with van der Waals surface area (Å²) in [6, 6.07) is 0. The van der Waals surface area contributed by atoms with E-state index in [1.807, 2.05) is 19.9 Å². The molecule has 102 valence electrons. The van der Waals surface area contributed by atoms with Crippen LogP contribution in [-0.4, -0.2) is 23.4 Å². The van der Waals surface area contributed by atoms with Gasteiger partial charge in [0, 0.05) is 5.92 Å². The molecule has 2 aliphatic heterocycles. The summed E-state index contributed by atoms with van der Waals surface area (Å²) in [5, 5.41) is 0. The van der Waals surface area contributed by atoms with Gasteiger partial charge in [-0.05, 0) is 33.6 Å². The van der Waals surface area contributed by atoms with Gasteiger partial charge in [0.05, 0.1) is 11.7 Å².